The Morgan fingerprint density at radius 2 is 1.95 bits per heavy atom. The number of thiophene rings is 1. The summed E-state index contributed by atoms with van der Waals surface area (Å²) in [6.07, 6.45) is 10.7. The maximum Gasteiger partial charge on any atom is 0.179 e. The van der Waals surface area contributed by atoms with E-state index in [4.69, 9.17) is 21.4 Å². The van der Waals surface area contributed by atoms with Gasteiger partial charge in [-0.3, -0.25) is 9.36 Å². The molecule has 3 aromatic rings. The van der Waals surface area contributed by atoms with E-state index in [0.29, 0.717) is 52.7 Å². The zero-order valence-electron chi connectivity index (χ0n) is 21.2. The molecule has 1 aliphatic heterocycles. The zero-order valence-corrected chi connectivity index (χ0v) is 22.1. The molecule has 196 valence electrons. The Hall–Kier alpha value is -3.75. The summed E-state index contributed by atoms with van der Waals surface area (Å²) < 4.78 is 1.83. The van der Waals surface area contributed by atoms with Crippen molar-refractivity contribution >= 4 is 33.6 Å². The van der Waals surface area contributed by atoms with Crippen LogP contribution in [0.2, 0.25) is 0 Å². The van der Waals surface area contributed by atoms with E-state index < -0.39 is 5.41 Å². The standard InChI is InChI=1S/C27H31N9OS/c28-15-18-22-19(38-25(18)30)5-2-7-27(22)6-1-4-17(24(27)37)23(29)26-33-20(35-11-3-8-31-9-12-35)14-21(34-26)36-13-10-32-16-36/h10,13-14,16,31H,1-9,11-12,29-30H2/b23-17-/t27-/m0/s1. The molecular weight excluding hydrogens is 498 g/mol. The Kier molecular flexibility index (Phi) is 6.37. The van der Waals surface area contributed by atoms with Crippen LogP contribution in [-0.4, -0.2) is 51.5 Å². The fourth-order valence-corrected chi connectivity index (χ4v) is 7.39. The van der Waals surface area contributed by atoms with E-state index in [-0.39, 0.29) is 5.78 Å². The number of fused-ring (bicyclic) bond motifs is 2. The van der Waals surface area contributed by atoms with Gasteiger partial charge >= 0.3 is 0 Å². The number of hydrogen-bond acceptors (Lipinski definition) is 10. The predicted octanol–water partition coefficient (Wildman–Crippen LogP) is 2.67. The second-order valence-corrected chi connectivity index (χ2v) is 11.4. The molecule has 4 heterocycles. The predicted molar refractivity (Wildman–Crippen MR) is 147 cm³/mol. The largest absolute Gasteiger partial charge is 0.395 e. The van der Waals surface area contributed by atoms with Gasteiger partial charge in [0.05, 0.1) is 16.7 Å². The molecule has 0 bridgehead atoms. The second kappa shape index (κ2) is 9.85. The van der Waals surface area contributed by atoms with Crippen LogP contribution in [0.1, 0.15) is 60.4 Å². The fourth-order valence-electron chi connectivity index (χ4n) is 6.22. The van der Waals surface area contributed by atoms with Gasteiger partial charge in [0.2, 0.25) is 0 Å². The van der Waals surface area contributed by atoms with Crippen molar-refractivity contribution in [2.45, 2.75) is 50.4 Å². The lowest BCUT2D eigenvalue weighted by Gasteiger charge is -2.40. The van der Waals surface area contributed by atoms with Gasteiger partial charge in [0.1, 0.15) is 29.0 Å². The molecule has 3 aromatic heterocycles. The molecule has 2 aliphatic carbocycles. The van der Waals surface area contributed by atoms with Crippen LogP contribution in [0.5, 0.6) is 0 Å². The zero-order chi connectivity index (χ0) is 26.3. The first-order chi connectivity index (χ1) is 18.5. The Labute approximate surface area is 225 Å². The summed E-state index contributed by atoms with van der Waals surface area (Å²) >= 11 is 1.45. The van der Waals surface area contributed by atoms with Crippen LogP contribution < -0.4 is 21.7 Å². The van der Waals surface area contributed by atoms with Crippen LogP contribution in [0.3, 0.4) is 0 Å². The van der Waals surface area contributed by atoms with E-state index in [0.717, 1.165) is 68.1 Å². The minimum Gasteiger partial charge on any atom is -0.395 e. The lowest BCUT2D eigenvalue weighted by atomic mass is 9.61. The van der Waals surface area contributed by atoms with Gasteiger partial charge in [-0.2, -0.15) is 5.26 Å². The van der Waals surface area contributed by atoms with Crippen LogP contribution in [-0.2, 0) is 16.6 Å². The van der Waals surface area contributed by atoms with Crippen molar-refractivity contribution in [3.05, 3.63) is 52.2 Å². The Balaban J connectivity index is 1.46. The van der Waals surface area contributed by atoms with Gasteiger partial charge in [-0.15, -0.1) is 11.3 Å². The number of ketones is 1. The molecule has 6 rings (SSSR count). The highest BCUT2D eigenvalue weighted by molar-refractivity contribution is 7.16. The molecule has 2 fully saturated rings. The van der Waals surface area contributed by atoms with Gasteiger partial charge in [-0.25, -0.2) is 15.0 Å². The molecule has 38 heavy (non-hydrogen) atoms. The normalized spacial score (nSPS) is 23.1. The number of nitrogen functional groups attached to an aromatic ring is 1. The van der Waals surface area contributed by atoms with Crippen molar-refractivity contribution in [1.82, 2.24) is 24.8 Å². The maximum absolute atomic E-state index is 14.3. The van der Waals surface area contributed by atoms with Gasteiger partial charge < -0.3 is 21.7 Å². The van der Waals surface area contributed by atoms with Crippen LogP contribution in [0, 0.1) is 11.3 Å². The molecule has 1 saturated heterocycles. The minimum absolute atomic E-state index is 0.00587. The van der Waals surface area contributed by atoms with E-state index in [1.165, 1.54) is 11.3 Å². The number of nitrogens with one attached hydrogen (secondary N) is 1. The van der Waals surface area contributed by atoms with Gasteiger partial charge in [-0.05, 0) is 57.1 Å². The molecule has 1 spiro atoms. The topological polar surface area (TPSA) is 152 Å². The Morgan fingerprint density at radius 3 is 2.74 bits per heavy atom. The number of aryl methyl sites for hydroxylation is 1. The maximum atomic E-state index is 14.3. The summed E-state index contributed by atoms with van der Waals surface area (Å²) in [5, 5.41) is 13.8. The molecule has 0 radical (unpaired) electrons. The molecule has 3 aliphatic rings. The fraction of sp³-hybridized carbons (Fsp3) is 0.444. The van der Waals surface area contributed by atoms with E-state index in [1.54, 1.807) is 12.5 Å². The van der Waals surface area contributed by atoms with Crippen molar-refractivity contribution in [3.63, 3.8) is 0 Å². The van der Waals surface area contributed by atoms with Crippen LogP contribution >= 0.6 is 11.3 Å². The van der Waals surface area contributed by atoms with E-state index in [1.807, 2.05) is 16.8 Å². The summed E-state index contributed by atoms with van der Waals surface area (Å²) in [5.74, 6) is 1.78. The number of hydrogen-bond donors (Lipinski definition) is 3. The number of Topliss-reactive ketones (excluding diaryl/α,β-unsaturated/α-hetero) is 1. The number of carbonyl (C=O) groups is 1. The number of carbonyl (C=O) groups excluding carboxylic acids is 1. The third-order valence-electron chi connectivity index (χ3n) is 8.04. The van der Waals surface area contributed by atoms with E-state index in [2.05, 4.69) is 21.3 Å². The first-order valence-electron chi connectivity index (χ1n) is 13.2. The number of rotatable bonds is 3. The summed E-state index contributed by atoms with van der Waals surface area (Å²) in [7, 11) is 0. The van der Waals surface area contributed by atoms with Crippen molar-refractivity contribution in [2.24, 2.45) is 5.73 Å². The molecule has 0 amide bonds. The Bertz CT molecular complexity index is 1440. The smallest absolute Gasteiger partial charge is 0.179 e. The molecule has 0 aromatic carbocycles. The first-order valence-corrected chi connectivity index (χ1v) is 14.0. The highest BCUT2D eigenvalue weighted by Crippen LogP contribution is 2.52. The molecule has 0 unspecified atom stereocenters. The number of allylic oxidation sites excluding steroid dienone is 1. The quantitative estimate of drug-likeness (QED) is 0.435. The molecule has 1 saturated carbocycles. The SMILES string of the molecule is N#Cc1c(N)sc2c1[C@]1(CCC/C(=C(/N)c3nc(N4CCCNCC4)cc(-n4ccnc4)n3)C1=O)CCC2. The molecule has 1 atom stereocenters. The third-order valence-corrected chi connectivity index (χ3v) is 9.12. The number of nitriles is 1. The molecule has 10 nitrogen and oxygen atoms in total. The average Bonchev–Trinajstić information content (AvgIpc) is 3.49. The van der Waals surface area contributed by atoms with Crippen molar-refractivity contribution < 1.29 is 4.79 Å². The van der Waals surface area contributed by atoms with Gasteiger partial charge in [-0.1, -0.05) is 0 Å². The van der Waals surface area contributed by atoms with Gasteiger partial charge in [0.25, 0.3) is 0 Å². The second-order valence-electron chi connectivity index (χ2n) is 10.2. The average molecular weight is 530 g/mol. The number of anilines is 2. The third kappa shape index (κ3) is 4.04. The van der Waals surface area contributed by atoms with Crippen molar-refractivity contribution in [1.29, 1.82) is 5.26 Å². The Morgan fingerprint density at radius 1 is 1.13 bits per heavy atom. The monoisotopic (exact) mass is 529 g/mol. The molecule has 11 heteroatoms. The number of nitrogens with two attached hydrogens (primary N) is 2. The summed E-state index contributed by atoms with van der Waals surface area (Å²) in [6.45, 7) is 3.51. The first kappa shape index (κ1) is 24.6. The molecular formula is C27H31N9OS. The minimum atomic E-state index is -0.758. The highest BCUT2D eigenvalue weighted by Gasteiger charge is 2.49. The van der Waals surface area contributed by atoms with Crippen LogP contribution in [0.15, 0.2) is 30.4 Å². The van der Waals surface area contributed by atoms with Gasteiger partial charge in [0, 0.05) is 48.5 Å². The van der Waals surface area contributed by atoms with Crippen molar-refractivity contribution in [3.8, 4) is 11.9 Å². The number of imidazole rings is 1. The van der Waals surface area contributed by atoms with Crippen LogP contribution in [0.25, 0.3) is 11.5 Å². The lowest BCUT2D eigenvalue weighted by molar-refractivity contribution is -0.122. The number of aromatic nitrogens is 4. The van der Waals surface area contributed by atoms with E-state index in [9.17, 15) is 10.1 Å². The molecule has 5 N–H and O–H groups in total. The number of nitrogens with zero attached hydrogens (tertiary/aromatic N) is 6. The summed E-state index contributed by atoms with van der Waals surface area (Å²) in [5.41, 5.74) is 14.4. The van der Waals surface area contributed by atoms with Crippen LogP contribution in [0.4, 0.5) is 10.8 Å². The van der Waals surface area contributed by atoms with E-state index >= 15 is 0 Å². The summed E-state index contributed by atoms with van der Waals surface area (Å²) in [4.78, 5) is 31.5. The van der Waals surface area contributed by atoms with Gasteiger partial charge in [0.15, 0.2) is 11.6 Å². The summed E-state index contributed by atoms with van der Waals surface area (Å²) in [6, 6.07) is 4.23. The lowest BCUT2D eigenvalue weighted by Crippen LogP contribution is -2.43. The van der Waals surface area contributed by atoms with Crippen molar-refractivity contribution in [2.75, 3.05) is 36.8 Å². The highest BCUT2D eigenvalue weighted by atomic mass is 32.1.